The third-order valence-corrected chi connectivity index (χ3v) is 2.68. The number of amides is 1. The van der Waals surface area contributed by atoms with Gasteiger partial charge in [-0.25, -0.2) is 4.79 Å². The zero-order valence-corrected chi connectivity index (χ0v) is 11.3. The second-order valence-corrected chi connectivity index (χ2v) is 4.18. The van der Waals surface area contributed by atoms with E-state index in [-0.39, 0.29) is 6.42 Å². The molecular formula is C13H16N2O5. The number of aliphatic carboxylic acids is 1. The van der Waals surface area contributed by atoms with Gasteiger partial charge in [0.1, 0.15) is 6.04 Å². The Morgan fingerprint density at radius 2 is 2.15 bits per heavy atom. The minimum Gasteiger partial charge on any atom is -0.480 e. The summed E-state index contributed by atoms with van der Waals surface area (Å²) >= 11 is 0. The first-order valence-electron chi connectivity index (χ1n) is 5.93. The highest BCUT2D eigenvalue weighted by molar-refractivity contribution is 5.87. The van der Waals surface area contributed by atoms with E-state index in [2.05, 4.69) is 15.0 Å². The molecule has 1 rings (SSSR count). The summed E-state index contributed by atoms with van der Waals surface area (Å²) in [6.07, 6.45) is 1.09. The largest absolute Gasteiger partial charge is 0.480 e. The van der Waals surface area contributed by atoms with Crippen LogP contribution < -0.4 is 5.32 Å². The molecule has 0 saturated carbocycles. The van der Waals surface area contributed by atoms with E-state index < -0.39 is 30.3 Å². The lowest BCUT2D eigenvalue weighted by Crippen LogP contribution is -2.43. The number of hydrogen-bond acceptors (Lipinski definition) is 5. The first kappa shape index (κ1) is 15.6. The highest BCUT2D eigenvalue weighted by Crippen LogP contribution is 2.04. The van der Waals surface area contributed by atoms with Gasteiger partial charge in [0, 0.05) is 6.20 Å². The molecule has 7 heteroatoms. The Morgan fingerprint density at radius 3 is 2.70 bits per heavy atom. The standard InChI is InChI=1S/C13H16N2O5/c1-8-4-3-5-14-9(8)6-11(16)15-10(13(18)19)7-12(17)20-2/h3-5,10H,6-7H2,1-2H3,(H,15,16)(H,18,19)/t10-/m0/s1. The zero-order valence-electron chi connectivity index (χ0n) is 11.3. The Morgan fingerprint density at radius 1 is 1.45 bits per heavy atom. The lowest BCUT2D eigenvalue weighted by atomic mass is 10.1. The molecule has 108 valence electrons. The molecule has 20 heavy (non-hydrogen) atoms. The van der Waals surface area contributed by atoms with E-state index in [1.54, 1.807) is 25.3 Å². The third kappa shape index (κ3) is 4.68. The lowest BCUT2D eigenvalue weighted by Gasteiger charge is -2.13. The van der Waals surface area contributed by atoms with Gasteiger partial charge in [0.05, 0.1) is 25.6 Å². The van der Waals surface area contributed by atoms with Crippen molar-refractivity contribution in [1.29, 1.82) is 0 Å². The topological polar surface area (TPSA) is 106 Å². The highest BCUT2D eigenvalue weighted by Gasteiger charge is 2.24. The molecule has 0 bridgehead atoms. The molecule has 0 saturated heterocycles. The van der Waals surface area contributed by atoms with E-state index in [0.717, 1.165) is 12.7 Å². The van der Waals surface area contributed by atoms with Crippen molar-refractivity contribution in [1.82, 2.24) is 10.3 Å². The molecule has 1 atom stereocenters. The molecule has 7 nitrogen and oxygen atoms in total. The van der Waals surface area contributed by atoms with Gasteiger partial charge in [-0.15, -0.1) is 0 Å². The quantitative estimate of drug-likeness (QED) is 0.714. The number of rotatable bonds is 6. The number of aryl methyl sites for hydroxylation is 1. The smallest absolute Gasteiger partial charge is 0.326 e. The minimum absolute atomic E-state index is 0.0440. The Labute approximate surface area is 116 Å². The minimum atomic E-state index is -1.31. The molecule has 0 spiro atoms. The summed E-state index contributed by atoms with van der Waals surface area (Å²) < 4.78 is 4.38. The summed E-state index contributed by atoms with van der Waals surface area (Å²) in [5.41, 5.74) is 1.40. The van der Waals surface area contributed by atoms with Crippen molar-refractivity contribution < 1.29 is 24.2 Å². The molecule has 0 radical (unpaired) electrons. The summed E-state index contributed by atoms with van der Waals surface area (Å²) in [6, 6.07) is 2.24. The van der Waals surface area contributed by atoms with Crippen LogP contribution in [0.5, 0.6) is 0 Å². The molecular weight excluding hydrogens is 264 g/mol. The molecule has 0 aliphatic heterocycles. The maximum Gasteiger partial charge on any atom is 0.326 e. The maximum atomic E-state index is 11.8. The predicted octanol–water partition coefficient (Wildman–Crippen LogP) is 0.0650. The summed E-state index contributed by atoms with van der Waals surface area (Å²) in [7, 11) is 1.15. The molecule has 2 N–H and O–H groups in total. The molecule has 0 unspecified atom stereocenters. The molecule has 0 aliphatic rings. The van der Waals surface area contributed by atoms with Crippen LogP contribution in [0.2, 0.25) is 0 Å². The van der Waals surface area contributed by atoms with Crippen LogP contribution in [-0.4, -0.2) is 41.1 Å². The zero-order chi connectivity index (χ0) is 15.1. The van der Waals surface area contributed by atoms with Gasteiger partial charge in [-0.3, -0.25) is 14.6 Å². The summed E-state index contributed by atoms with van der Waals surface area (Å²) in [6.45, 7) is 1.80. The maximum absolute atomic E-state index is 11.8. The number of carbonyl (C=O) groups excluding carboxylic acids is 2. The number of carboxylic acids is 1. The first-order valence-corrected chi connectivity index (χ1v) is 5.93. The predicted molar refractivity (Wildman–Crippen MR) is 68.9 cm³/mol. The molecule has 0 aliphatic carbocycles. The van der Waals surface area contributed by atoms with Gasteiger partial charge in [0.25, 0.3) is 0 Å². The molecule has 1 amide bonds. The van der Waals surface area contributed by atoms with E-state index in [1.165, 1.54) is 0 Å². The number of nitrogens with one attached hydrogen (secondary N) is 1. The SMILES string of the molecule is COC(=O)C[C@H](NC(=O)Cc1ncccc1C)C(=O)O. The van der Waals surface area contributed by atoms with Crippen LogP contribution >= 0.6 is 0 Å². The number of carboxylic acid groups (broad SMARTS) is 1. The molecule has 1 heterocycles. The van der Waals surface area contributed by atoms with Crippen LogP contribution in [0.25, 0.3) is 0 Å². The molecule has 1 aromatic rings. The summed E-state index contributed by atoms with van der Waals surface area (Å²) in [4.78, 5) is 37.9. The van der Waals surface area contributed by atoms with E-state index in [9.17, 15) is 14.4 Å². The van der Waals surface area contributed by atoms with Gasteiger partial charge in [0.2, 0.25) is 5.91 Å². The summed E-state index contributed by atoms with van der Waals surface area (Å²) in [5, 5.41) is 11.2. The monoisotopic (exact) mass is 280 g/mol. The fourth-order valence-electron chi connectivity index (χ4n) is 1.55. The first-order chi connectivity index (χ1) is 9.43. The van der Waals surface area contributed by atoms with Crippen LogP contribution in [0, 0.1) is 6.92 Å². The number of carbonyl (C=O) groups is 3. The fourth-order valence-corrected chi connectivity index (χ4v) is 1.55. The second kappa shape index (κ2) is 7.22. The molecule has 1 aromatic heterocycles. The number of aromatic nitrogens is 1. The highest BCUT2D eigenvalue weighted by atomic mass is 16.5. The normalized spacial score (nSPS) is 11.5. The summed E-state index contributed by atoms with van der Waals surface area (Å²) in [5.74, 6) is -2.50. The van der Waals surface area contributed by atoms with Crippen molar-refractivity contribution in [2.45, 2.75) is 25.8 Å². The van der Waals surface area contributed by atoms with Crippen LogP contribution in [0.15, 0.2) is 18.3 Å². The molecule has 0 aromatic carbocycles. The Balaban J connectivity index is 2.65. The fraction of sp³-hybridized carbons (Fsp3) is 0.385. The van der Waals surface area contributed by atoms with Crippen molar-refractivity contribution in [2.24, 2.45) is 0 Å². The van der Waals surface area contributed by atoms with E-state index in [1.807, 2.05) is 0 Å². The third-order valence-electron chi connectivity index (χ3n) is 2.68. The molecule has 0 fully saturated rings. The van der Waals surface area contributed by atoms with Crippen LogP contribution in [0.4, 0.5) is 0 Å². The lowest BCUT2D eigenvalue weighted by molar-refractivity contribution is -0.148. The van der Waals surface area contributed by atoms with Gasteiger partial charge < -0.3 is 15.2 Å². The number of ether oxygens (including phenoxy) is 1. The average Bonchev–Trinajstić information content (AvgIpc) is 2.40. The van der Waals surface area contributed by atoms with Crippen molar-refractivity contribution >= 4 is 17.8 Å². The van der Waals surface area contributed by atoms with Crippen LogP contribution in [0.3, 0.4) is 0 Å². The van der Waals surface area contributed by atoms with E-state index >= 15 is 0 Å². The Kier molecular flexibility index (Phi) is 5.64. The van der Waals surface area contributed by atoms with Gasteiger partial charge in [-0.05, 0) is 18.6 Å². The van der Waals surface area contributed by atoms with Crippen molar-refractivity contribution in [2.75, 3.05) is 7.11 Å². The number of esters is 1. The van der Waals surface area contributed by atoms with Gasteiger partial charge >= 0.3 is 11.9 Å². The van der Waals surface area contributed by atoms with Crippen molar-refractivity contribution in [3.8, 4) is 0 Å². The second-order valence-electron chi connectivity index (χ2n) is 4.18. The Hall–Kier alpha value is -2.44. The number of methoxy groups -OCH3 is 1. The number of pyridine rings is 1. The van der Waals surface area contributed by atoms with Crippen molar-refractivity contribution in [3.63, 3.8) is 0 Å². The van der Waals surface area contributed by atoms with E-state index in [4.69, 9.17) is 5.11 Å². The van der Waals surface area contributed by atoms with Gasteiger partial charge in [-0.1, -0.05) is 6.07 Å². The Bertz CT molecular complexity index is 515. The van der Waals surface area contributed by atoms with Crippen LogP contribution in [0.1, 0.15) is 17.7 Å². The van der Waals surface area contributed by atoms with Gasteiger partial charge in [0.15, 0.2) is 0 Å². The number of nitrogens with zero attached hydrogens (tertiary/aromatic N) is 1. The van der Waals surface area contributed by atoms with E-state index in [0.29, 0.717) is 5.69 Å². The van der Waals surface area contributed by atoms with Crippen LogP contribution in [-0.2, 0) is 25.5 Å². The van der Waals surface area contributed by atoms with Crippen molar-refractivity contribution in [3.05, 3.63) is 29.6 Å². The number of hydrogen-bond donors (Lipinski definition) is 2. The van der Waals surface area contributed by atoms with Gasteiger partial charge in [-0.2, -0.15) is 0 Å². The average molecular weight is 280 g/mol.